The predicted octanol–water partition coefficient (Wildman–Crippen LogP) is 1.63. The van der Waals surface area contributed by atoms with Gasteiger partial charge in [-0.25, -0.2) is 0 Å². The Labute approximate surface area is 96.7 Å². The van der Waals surface area contributed by atoms with Crippen LogP contribution in [0.4, 0.5) is 0 Å². The van der Waals surface area contributed by atoms with Crippen LogP contribution in [0.2, 0.25) is 0 Å². The molecule has 0 fully saturated rings. The molecule has 16 heavy (non-hydrogen) atoms. The van der Waals surface area contributed by atoms with Gasteiger partial charge in [0.2, 0.25) is 0 Å². The van der Waals surface area contributed by atoms with Gasteiger partial charge in [-0.2, -0.15) is 0 Å². The molecular weight excluding hydrogens is 202 g/mol. The van der Waals surface area contributed by atoms with E-state index in [4.69, 9.17) is 0 Å². The van der Waals surface area contributed by atoms with E-state index in [0.29, 0.717) is 6.42 Å². The minimum atomic E-state index is 0.0695. The highest BCUT2D eigenvalue weighted by molar-refractivity contribution is 5.78. The van der Waals surface area contributed by atoms with E-state index in [-0.39, 0.29) is 11.5 Å². The highest BCUT2D eigenvalue weighted by atomic mass is 16.3. The Kier molecular flexibility index (Phi) is 4.50. The summed E-state index contributed by atoms with van der Waals surface area (Å²) < 4.78 is 0. The van der Waals surface area contributed by atoms with Crippen LogP contribution >= 0.6 is 0 Å². The second-order valence-electron chi connectivity index (χ2n) is 4.40. The molecule has 0 aliphatic heterocycles. The number of hydrogen-bond donors (Lipinski definition) is 1. The van der Waals surface area contributed by atoms with Gasteiger partial charge in [-0.3, -0.25) is 4.79 Å². The van der Waals surface area contributed by atoms with Crippen molar-refractivity contribution < 1.29 is 9.90 Å². The Morgan fingerprint density at radius 3 is 2.62 bits per heavy atom. The number of Topliss-reactive ketones (excluding diaryl/α,β-unsaturated/α-hetero) is 1. The van der Waals surface area contributed by atoms with Gasteiger partial charge in [-0.1, -0.05) is 12.1 Å². The van der Waals surface area contributed by atoms with E-state index in [2.05, 4.69) is 4.90 Å². The van der Waals surface area contributed by atoms with Gasteiger partial charge in [0.15, 0.2) is 0 Å². The first-order chi connectivity index (χ1) is 7.49. The van der Waals surface area contributed by atoms with Crippen LogP contribution < -0.4 is 0 Å². The first-order valence-corrected chi connectivity index (χ1v) is 5.44. The van der Waals surface area contributed by atoms with Gasteiger partial charge >= 0.3 is 0 Å². The lowest BCUT2D eigenvalue weighted by Gasteiger charge is -2.10. The maximum absolute atomic E-state index is 11.0. The fourth-order valence-electron chi connectivity index (χ4n) is 1.56. The molecule has 88 valence electrons. The average Bonchev–Trinajstić information content (AvgIpc) is 2.18. The Morgan fingerprint density at radius 2 is 2.06 bits per heavy atom. The molecule has 0 aromatic heterocycles. The number of aromatic hydroxyl groups is 1. The predicted molar refractivity (Wildman–Crippen MR) is 64.7 cm³/mol. The molecule has 1 rings (SSSR count). The molecule has 1 aromatic carbocycles. The number of carbonyl (C=O) groups excluding carboxylic acids is 1. The summed E-state index contributed by atoms with van der Waals surface area (Å²) in [6, 6.07) is 5.49. The zero-order chi connectivity index (χ0) is 12.1. The van der Waals surface area contributed by atoms with Crippen LogP contribution in [0.3, 0.4) is 0 Å². The molecule has 0 bridgehead atoms. The van der Waals surface area contributed by atoms with Gasteiger partial charge in [-0.15, -0.1) is 0 Å². The molecule has 0 radical (unpaired) electrons. The molecule has 0 saturated heterocycles. The molecule has 0 atom stereocenters. The van der Waals surface area contributed by atoms with Crippen LogP contribution in [0.15, 0.2) is 18.2 Å². The fraction of sp³-hybridized carbons (Fsp3) is 0.462. The molecular formula is C13H19NO2. The summed E-state index contributed by atoms with van der Waals surface area (Å²) in [5.41, 5.74) is 1.88. The smallest absolute Gasteiger partial charge is 0.134 e. The van der Waals surface area contributed by atoms with Crippen LogP contribution in [0.5, 0.6) is 5.75 Å². The monoisotopic (exact) mass is 221 g/mol. The van der Waals surface area contributed by atoms with Crippen molar-refractivity contribution in [3.05, 3.63) is 29.3 Å². The van der Waals surface area contributed by atoms with E-state index < -0.39 is 0 Å². The van der Waals surface area contributed by atoms with E-state index in [1.807, 2.05) is 26.2 Å². The van der Waals surface area contributed by atoms with Crippen LogP contribution in [0, 0.1) is 0 Å². The van der Waals surface area contributed by atoms with Crippen molar-refractivity contribution in [2.24, 2.45) is 0 Å². The zero-order valence-electron chi connectivity index (χ0n) is 10.2. The normalized spacial score (nSPS) is 10.8. The SMILES string of the molecule is CC(=O)Cc1cc(CCN(C)C)ccc1O. The fourth-order valence-corrected chi connectivity index (χ4v) is 1.56. The van der Waals surface area contributed by atoms with Gasteiger partial charge in [0.1, 0.15) is 11.5 Å². The molecule has 3 heteroatoms. The van der Waals surface area contributed by atoms with E-state index in [1.54, 1.807) is 6.07 Å². The number of ketones is 1. The van der Waals surface area contributed by atoms with E-state index in [1.165, 1.54) is 6.92 Å². The molecule has 1 N–H and O–H groups in total. The first-order valence-electron chi connectivity index (χ1n) is 5.44. The van der Waals surface area contributed by atoms with Gasteiger partial charge in [0, 0.05) is 18.5 Å². The van der Waals surface area contributed by atoms with Crippen molar-refractivity contribution in [2.45, 2.75) is 19.8 Å². The second-order valence-corrected chi connectivity index (χ2v) is 4.40. The van der Waals surface area contributed by atoms with Gasteiger partial charge in [0.05, 0.1) is 0 Å². The third-order valence-corrected chi connectivity index (χ3v) is 2.43. The molecule has 3 nitrogen and oxygen atoms in total. The van der Waals surface area contributed by atoms with Crippen molar-refractivity contribution in [1.82, 2.24) is 4.90 Å². The van der Waals surface area contributed by atoms with Crippen molar-refractivity contribution in [3.63, 3.8) is 0 Å². The summed E-state index contributed by atoms with van der Waals surface area (Å²) in [4.78, 5) is 13.1. The molecule has 0 heterocycles. The number of likely N-dealkylation sites (N-methyl/N-ethyl adjacent to an activating group) is 1. The van der Waals surface area contributed by atoms with Crippen LogP contribution in [-0.4, -0.2) is 36.4 Å². The number of nitrogens with zero attached hydrogens (tertiary/aromatic N) is 1. The van der Waals surface area contributed by atoms with E-state index >= 15 is 0 Å². The van der Waals surface area contributed by atoms with E-state index in [9.17, 15) is 9.90 Å². The molecule has 0 spiro atoms. The van der Waals surface area contributed by atoms with Crippen molar-refractivity contribution in [1.29, 1.82) is 0 Å². The zero-order valence-corrected chi connectivity index (χ0v) is 10.2. The summed E-state index contributed by atoms with van der Waals surface area (Å²) in [5.74, 6) is 0.281. The quantitative estimate of drug-likeness (QED) is 0.821. The van der Waals surface area contributed by atoms with Gasteiger partial charge < -0.3 is 10.0 Å². The van der Waals surface area contributed by atoms with Gasteiger partial charge in [-0.05, 0) is 39.1 Å². The molecule has 0 aliphatic carbocycles. The minimum Gasteiger partial charge on any atom is -0.508 e. The number of rotatable bonds is 5. The van der Waals surface area contributed by atoms with E-state index in [0.717, 1.165) is 24.1 Å². The lowest BCUT2D eigenvalue weighted by atomic mass is 10.0. The number of carbonyl (C=O) groups is 1. The standard InChI is InChI=1S/C13H19NO2/c1-10(15)8-12-9-11(4-5-13(12)16)6-7-14(2)3/h4-5,9,16H,6-8H2,1-3H3. The molecule has 0 aliphatic rings. The third kappa shape index (κ3) is 4.03. The summed E-state index contributed by atoms with van der Waals surface area (Å²) >= 11 is 0. The van der Waals surface area contributed by atoms with Crippen molar-refractivity contribution in [2.75, 3.05) is 20.6 Å². The van der Waals surface area contributed by atoms with Crippen molar-refractivity contribution in [3.8, 4) is 5.75 Å². The Morgan fingerprint density at radius 1 is 1.38 bits per heavy atom. The minimum absolute atomic E-state index is 0.0695. The Hall–Kier alpha value is -1.35. The highest BCUT2D eigenvalue weighted by Crippen LogP contribution is 2.19. The molecule has 0 saturated carbocycles. The lowest BCUT2D eigenvalue weighted by Crippen LogP contribution is -2.15. The Bertz CT molecular complexity index is 372. The topological polar surface area (TPSA) is 40.5 Å². The first kappa shape index (κ1) is 12.7. The molecule has 0 unspecified atom stereocenters. The largest absolute Gasteiger partial charge is 0.508 e. The van der Waals surface area contributed by atoms with Crippen LogP contribution in [0.25, 0.3) is 0 Å². The summed E-state index contributed by atoms with van der Waals surface area (Å²) in [7, 11) is 4.05. The number of phenols is 1. The maximum Gasteiger partial charge on any atom is 0.134 e. The maximum atomic E-state index is 11.0. The average molecular weight is 221 g/mol. The Balaban J connectivity index is 2.76. The molecule has 0 amide bonds. The molecule has 1 aromatic rings. The number of hydrogen-bond acceptors (Lipinski definition) is 3. The number of phenolic OH excluding ortho intramolecular Hbond substituents is 1. The summed E-state index contributed by atoms with van der Waals surface area (Å²) in [5, 5.41) is 9.60. The van der Waals surface area contributed by atoms with Crippen LogP contribution in [-0.2, 0) is 17.6 Å². The third-order valence-electron chi connectivity index (χ3n) is 2.43. The van der Waals surface area contributed by atoms with Crippen LogP contribution in [0.1, 0.15) is 18.1 Å². The van der Waals surface area contributed by atoms with Gasteiger partial charge in [0.25, 0.3) is 0 Å². The lowest BCUT2D eigenvalue weighted by molar-refractivity contribution is -0.116. The summed E-state index contributed by atoms with van der Waals surface area (Å²) in [6.45, 7) is 2.50. The highest BCUT2D eigenvalue weighted by Gasteiger charge is 2.05. The number of benzene rings is 1. The second kappa shape index (κ2) is 5.66. The van der Waals surface area contributed by atoms with Crippen molar-refractivity contribution >= 4 is 5.78 Å². The summed E-state index contributed by atoms with van der Waals surface area (Å²) in [6.07, 6.45) is 1.24.